The lowest BCUT2D eigenvalue weighted by molar-refractivity contribution is -0.119. The van der Waals surface area contributed by atoms with Crippen LogP contribution in [0.3, 0.4) is 0 Å². The molecule has 0 radical (unpaired) electrons. The molecule has 0 aliphatic rings. The molecule has 0 unspecified atom stereocenters. The Balaban J connectivity index is 1.77. The Morgan fingerprint density at radius 3 is 2.67 bits per heavy atom. The van der Waals surface area contributed by atoms with Gasteiger partial charge in [-0.25, -0.2) is 4.39 Å². The molecule has 2 rings (SSSR count). The van der Waals surface area contributed by atoms with Crippen molar-refractivity contribution in [3.05, 3.63) is 59.4 Å². The average Bonchev–Trinajstić information content (AvgIpc) is 2.56. The monoisotopic (exact) mass is 363 g/mol. The largest absolute Gasteiger partial charge is 0.329 e. The minimum Gasteiger partial charge on any atom is -0.329 e. The summed E-state index contributed by atoms with van der Waals surface area (Å²) in [5.41, 5.74) is 7.57. The number of hydrogen-bond donors (Lipinski definition) is 3. The molecule has 0 atom stereocenters. The molecule has 2 aromatic carbocycles. The SMILES string of the molecule is Cc1ccc(C)c(SCC(=O)NNC(=S)Nc2ccccc2F)c1. The topological polar surface area (TPSA) is 53.2 Å². The van der Waals surface area contributed by atoms with E-state index in [1.54, 1.807) is 18.2 Å². The van der Waals surface area contributed by atoms with Gasteiger partial charge in [-0.2, -0.15) is 0 Å². The maximum absolute atomic E-state index is 13.5. The molecule has 0 heterocycles. The standard InChI is InChI=1S/C17H18FN3OS2/c1-11-7-8-12(2)15(9-11)24-10-16(22)20-21-17(23)19-14-6-4-3-5-13(14)18/h3-9H,10H2,1-2H3,(H,20,22)(H2,19,21,23). The summed E-state index contributed by atoms with van der Waals surface area (Å²) >= 11 is 6.47. The molecule has 0 bridgehead atoms. The van der Waals surface area contributed by atoms with Crippen molar-refractivity contribution in [3.63, 3.8) is 0 Å². The molecule has 24 heavy (non-hydrogen) atoms. The molecule has 1 amide bonds. The smallest absolute Gasteiger partial charge is 0.248 e. The number of hydrogen-bond acceptors (Lipinski definition) is 3. The summed E-state index contributed by atoms with van der Waals surface area (Å²) < 4.78 is 13.5. The Labute approximate surface area is 150 Å². The van der Waals surface area contributed by atoms with Crippen LogP contribution in [0, 0.1) is 19.7 Å². The third-order valence-corrected chi connectivity index (χ3v) is 4.50. The minimum absolute atomic E-state index is 0.116. The number of carbonyl (C=O) groups is 1. The number of hydrazine groups is 1. The van der Waals surface area contributed by atoms with Gasteiger partial charge in [0.2, 0.25) is 5.91 Å². The first-order chi connectivity index (χ1) is 11.5. The first kappa shape index (κ1) is 18.2. The average molecular weight is 363 g/mol. The minimum atomic E-state index is -0.418. The van der Waals surface area contributed by atoms with Gasteiger partial charge in [0.25, 0.3) is 0 Å². The Morgan fingerprint density at radius 1 is 1.17 bits per heavy atom. The fraction of sp³-hybridized carbons (Fsp3) is 0.176. The van der Waals surface area contributed by atoms with E-state index < -0.39 is 5.82 Å². The van der Waals surface area contributed by atoms with Crippen molar-refractivity contribution in [2.45, 2.75) is 18.7 Å². The van der Waals surface area contributed by atoms with E-state index in [1.807, 2.05) is 32.0 Å². The molecule has 0 spiro atoms. The molecular weight excluding hydrogens is 345 g/mol. The molecule has 0 aromatic heterocycles. The Morgan fingerprint density at radius 2 is 1.92 bits per heavy atom. The first-order valence-corrected chi connectivity index (χ1v) is 8.65. The van der Waals surface area contributed by atoms with E-state index in [2.05, 4.69) is 16.2 Å². The molecule has 4 nitrogen and oxygen atoms in total. The van der Waals surface area contributed by atoms with E-state index in [0.717, 1.165) is 16.0 Å². The van der Waals surface area contributed by atoms with Gasteiger partial charge in [0.15, 0.2) is 5.11 Å². The summed E-state index contributed by atoms with van der Waals surface area (Å²) in [4.78, 5) is 12.9. The van der Waals surface area contributed by atoms with Gasteiger partial charge in [0.05, 0.1) is 11.4 Å². The molecular formula is C17H18FN3OS2. The van der Waals surface area contributed by atoms with Gasteiger partial charge in [-0.3, -0.25) is 15.6 Å². The lowest BCUT2D eigenvalue weighted by atomic mass is 10.2. The van der Waals surface area contributed by atoms with Crippen LogP contribution in [0.4, 0.5) is 10.1 Å². The van der Waals surface area contributed by atoms with Crippen LogP contribution in [0.5, 0.6) is 0 Å². The summed E-state index contributed by atoms with van der Waals surface area (Å²) in [6.45, 7) is 4.02. The predicted molar refractivity (Wildman–Crippen MR) is 101 cm³/mol. The van der Waals surface area contributed by atoms with Crippen LogP contribution in [0.2, 0.25) is 0 Å². The highest BCUT2D eigenvalue weighted by Crippen LogP contribution is 2.23. The number of thioether (sulfide) groups is 1. The Hall–Kier alpha value is -2.12. The molecule has 126 valence electrons. The zero-order chi connectivity index (χ0) is 17.5. The van der Waals surface area contributed by atoms with Crippen molar-refractivity contribution in [2.24, 2.45) is 0 Å². The van der Waals surface area contributed by atoms with E-state index in [0.29, 0.717) is 0 Å². The molecule has 3 N–H and O–H groups in total. The predicted octanol–water partition coefficient (Wildman–Crippen LogP) is 3.55. The fourth-order valence-electron chi connectivity index (χ4n) is 1.88. The maximum atomic E-state index is 13.5. The Kier molecular flexibility index (Phi) is 6.57. The zero-order valence-electron chi connectivity index (χ0n) is 13.4. The number of anilines is 1. The van der Waals surface area contributed by atoms with Crippen molar-refractivity contribution in [1.82, 2.24) is 10.9 Å². The highest BCUT2D eigenvalue weighted by molar-refractivity contribution is 8.00. The number of amides is 1. The van der Waals surface area contributed by atoms with Crippen LogP contribution >= 0.6 is 24.0 Å². The summed E-state index contributed by atoms with van der Waals surface area (Å²) in [7, 11) is 0. The summed E-state index contributed by atoms with van der Waals surface area (Å²) in [5.74, 6) is -0.392. The number of carbonyl (C=O) groups excluding carboxylic acids is 1. The maximum Gasteiger partial charge on any atom is 0.248 e. The summed E-state index contributed by atoms with van der Waals surface area (Å²) in [6, 6.07) is 12.3. The highest BCUT2D eigenvalue weighted by atomic mass is 32.2. The van der Waals surface area contributed by atoms with Crippen LogP contribution in [-0.2, 0) is 4.79 Å². The fourth-order valence-corrected chi connectivity index (χ4v) is 2.97. The van der Waals surface area contributed by atoms with Gasteiger partial charge >= 0.3 is 0 Å². The number of halogens is 1. The van der Waals surface area contributed by atoms with E-state index in [1.165, 1.54) is 17.8 Å². The van der Waals surface area contributed by atoms with Crippen molar-refractivity contribution < 1.29 is 9.18 Å². The second kappa shape index (κ2) is 8.65. The van der Waals surface area contributed by atoms with Gasteiger partial charge in [0, 0.05) is 4.90 Å². The second-order valence-corrected chi connectivity index (χ2v) is 6.59. The number of rotatable bonds is 4. The number of aryl methyl sites for hydroxylation is 2. The van der Waals surface area contributed by atoms with Gasteiger partial charge < -0.3 is 5.32 Å². The lowest BCUT2D eigenvalue weighted by Crippen LogP contribution is -2.44. The van der Waals surface area contributed by atoms with Crippen LogP contribution in [-0.4, -0.2) is 16.8 Å². The number of benzene rings is 2. The normalized spacial score (nSPS) is 10.1. The van der Waals surface area contributed by atoms with Gasteiger partial charge in [-0.15, -0.1) is 11.8 Å². The van der Waals surface area contributed by atoms with Gasteiger partial charge in [-0.1, -0.05) is 29.8 Å². The highest BCUT2D eigenvalue weighted by Gasteiger charge is 2.07. The van der Waals surface area contributed by atoms with E-state index >= 15 is 0 Å². The Bertz CT molecular complexity index is 752. The van der Waals surface area contributed by atoms with Crippen LogP contribution in [0.15, 0.2) is 47.4 Å². The third kappa shape index (κ3) is 5.50. The molecule has 0 saturated carbocycles. The number of para-hydroxylation sites is 1. The number of nitrogens with one attached hydrogen (secondary N) is 3. The van der Waals surface area contributed by atoms with Crippen LogP contribution < -0.4 is 16.2 Å². The van der Waals surface area contributed by atoms with Gasteiger partial charge in [0.1, 0.15) is 5.82 Å². The third-order valence-electron chi connectivity index (χ3n) is 3.14. The number of thiocarbonyl (C=S) groups is 1. The second-order valence-electron chi connectivity index (χ2n) is 5.16. The summed E-state index contributed by atoms with van der Waals surface area (Å²) in [5, 5.41) is 2.80. The van der Waals surface area contributed by atoms with Crippen molar-refractivity contribution in [2.75, 3.05) is 11.1 Å². The van der Waals surface area contributed by atoms with Gasteiger partial charge in [-0.05, 0) is 49.8 Å². The molecule has 0 aliphatic carbocycles. The van der Waals surface area contributed by atoms with E-state index in [4.69, 9.17) is 12.2 Å². The van der Waals surface area contributed by atoms with Crippen LogP contribution in [0.25, 0.3) is 0 Å². The molecule has 7 heteroatoms. The van der Waals surface area contributed by atoms with E-state index in [-0.39, 0.29) is 22.5 Å². The van der Waals surface area contributed by atoms with Crippen molar-refractivity contribution >= 4 is 40.7 Å². The zero-order valence-corrected chi connectivity index (χ0v) is 15.0. The van der Waals surface area contributed by atoms with Crippen LogP contribution in [0.1, 0.15) is 11.1 Å². The molecule has 0 fully saturated rings. The first-order valence-electron chi connectivity index (χ1n) is 7.26. The molecule has 0 saturated heterocycles. The van der Waals surface area contributed by atoms with E-state index in [9.17, 15) is 9.18 Å². The summed E-state index contributed by atoms with van der Waals surface area (Å²) in [6.07, 6.45) is 0. The lowest BCUT2D eigenvalue weighted by Gasteiger charge is -2.12. The quantitative estimate of drug-likeness (QED) is 0.441. The van der Waals surface area contributed by atoms with Crippen molar-refractivity contribution in [1.29, 1.82) is 0 Å². The molecule has 0 aliphatic heterocycles. The molecule has 2 aromatic rings. The van der Waals surface area contributed by atoms with Crippen molar-refractivity contribution in [3.8, 4) is 0 Å².